The molecular formula is C14H23ClN4. The number of hydrogen-bond acceptors (Lipinski definition) is 2. The van der Waals surface area contributed by atoms with Gasteiger partial charge in [-0.2, -0.15) is 5.10 Å². The number of halogens is 1. The summed E-state index contributed by atoms with van der Waals surface area (Å²) in [6, 6.07) is 0.295. The molecule has 2 aromatic heterocycles. The number of rotatable bonds is 2. The molecule has 4 nitrogen and oxygen atoms in total. The van der Waals surface area contributed by atoms with E-state index in [0.29, 0.717) is 6.04 Å². The summed E-state index contributed by atoms with van der Waals surface area (Å²) in [6.07, 6.45) is 0. The number of alkyl halides is 1. The SMILES string of the molecule is Cc1nn(C)c2c1nc(C(C)Cl)n2C(C)C(C)(C)C. The molecule has 0 aliphatic rings. The van der Waals surface area contributed by atoms with Crippen LogP contribution in [0.3, 0.4) is 0 Å². The van der Waals surface area contributed by atoms with Gasteiger partial charge in [-0.3, -0.25) is 4.68 Å². The van der Waals surface area contributed by atoms with Crippen LogP contribution < -0.4 is 0 Å². The van der Waals surface area contributed by atoms with Crippen molar-refractivity contribution in [3.05, 3.63) is 11.5 Å². The molecule has 0 bridgehead atoms. The second kappa shape index (κ2) is 4.51. The maximum atomic E-state index is 6.32. The number of aryl methyl sites for hydroxylation is 2. The predicted molar refractivity (Wildman–Crippen MR) is 79.7 cm³/mol. The monoisotopic (exact) mass is 282 g/mol. The maximum absolute atomic E-state index is 6.32. The van der Waals surface area contributed by atoms with Crippen LogP contribution in [-0.2, 0) is 7.05 Å². The molecule has 2 heterocycles. The minimum absolute atomic E-state index is 0.114. The summed E-state index contributed by atoms with van der Waals surface area (Å²) in [7, 11) is 1.96. The highest BCUT2D eigenvalue weighted by atomic mass is 35.5. The molecule has 0 amide bonds. The zero-order chi connectivity index (χ0) is 14.5. The van der Waals surface area contributed by atoms with Crippen molar-refractivity contribution >= 4 is 22.8 Å². The summed E-state index contributed by atoms with van der Waals surface area (Å²) in [5.74, 6) is 0.926. The number of aromatic nitrogens is 4. The molecule has 0 N–H and O–H groups in total. The minimum atomic E-state index is -0.114. The Hall–Kier alpha value is -1.03. The Morgan fingerprint density at radius 2 is 1.79 bits per heavy atom. The van der Waals surface area contributed by atoms with Crippen LogP contribution in [0.5, 0.6) is 0 Å². The van der Waals surface area contributed by atoms with E-state index in [2.05, 4.69) is 37.4 Å². The molecule has 2 unspecified atom stereocenters. The lowest BCUT2D eigenvalue weighted by atomic mass is 9.87. The third-order valence-corrected chi connectivity index (χ3v) is 4.05. The zero-order valence-electron chi connectivity index (χ0n) is 12.8. The Labute approximate surface area is 119 Å². The first kappa shape index (κ1) is 14.4. The molecule has 0 aliphatic carbocycles. The van der Waals surface area contributed by atoms with Gasteiger partial charge >= 0.3 is 0 Å². The second-order valence-electron chi connectivity index (χ2n) is 6.38. The molecule has 0 radical (unpaired) electrons. The average Bonchev–Trinajstić information content (AvgIpc) is 2.76. The third-order valence-electron chi connectivity index (χ3n) is 3.86. The average molecular weight is 283 g/mol. The number of nitrogens with zero attached hydrogens (tertiary/aromatic N) is 4. The van der Waals surface area contributed by atoms with E-state index in [1.807, 2.05) is 25.6 Å². The third kappa shape index (κ3) is 2.27. The molecule has 106 valence electrons. The van der Waals surface area contributed by atoms with Crippen molar-refractivity contribution < 1.29 is 0 Å². The molecular weight excluding hydrogens is 260 g/mol. The molecule has 0 fully saturated rings. The van der Waals surface area contributed by atoms with Crippen molar-refractivity contribution in [2.24, 2.45) is 12.5 Å². The molecule has 2 atom stereocenters. The fourth-order valence-corrected chi connectivity index (χ4v) is 2.52. The highest BCUT2D eigenvalue weighted by molar-refractivity contribution is 6.20. The fraction of sp³-hybridized carbons (Fsp3) is 0.714. The highest BCUT2D eigenvalue weighted by Gasteiger charge is 2.29. The van der Waals surface area contributed by atoms with E-state index in [-0.39, 0.29) is 10.8 Å². The summed E-state index contributed by atoms with van der Waals surface area (Å²) < 4.78 is 4.15. The quantitative estimate of drug-likeness (QED) is 0.781. The summed E-state index contributed by atoms with van der Waals surface area (Å²) in [5, 5.41) is 4.35. The van der Waals surface area contributed by atoms with Crippen molar-refractivity contribution in [1.82, 2.24) is 19.3 Å². The molecule has 5 heteroatoms. The van der Waals surface area contributed by atoms with E-state index < -0.39 is 0 Å². The molecule has 2 rings (SSSR count). The normalized spacial score (nSPS) is 16.0. The van der Waals surface area contributed by atoms with Crippen LogP contribution in [0.4, 0.5) is 0 Å². The first-order valence-corrected chi connectivity index (χ1v) is 7.13. The lowest BCUT2D eigenvalue weighted by Crippen LogP contribution is -2.24. The van der Waals surface area contributed by atoms with Gasteiger partial charge < -0.3 is 4.57 Å². The summed E-state index contributed by atoms with van der Waals surface area (Å²) in [6.45, 7) is 12.9. The highest BCUT2D eigenvalue weighted by Crippen LogP contribution is 2.36. The van der Waals surface area contributed by atoms with Crippen molar-refractivity contribution in [3.63, 3.8) is 0 Å². The lowest BCUT2D eigenvalue weighted by molar-refractivity contribution is 0.260. The van der Waals surface area contributed by atoms with Crippen LogP contribution in [0.25, 0.3) is 11.2 Å². The Balaban J connectivity index is 2.78. The zero-order valence-corrected chi connectivity index (χ0v) is 13.6. The summed E-state index contributed by atoms with van der Waals surface area (Å²) in [4.78, 5) is 4.71. The van der Waals surface area contributed by atoms with Gasteiger partial charge in [-0.1, -0.05) is 20.8 Å². The van der Waals surface area contributed by atoms with E-state index in [0.717, 1.165) is 22.7 Å². The number of imidazole rings is 1. The number of hydrogen-bond donors (Lipinski definition) is 0. The van der Waals surface area contributed by atoms with Crippen LogP contribution in [-0.4, -0.2) is 19.3 Å². The minimum Gasteiger partial charge on any atom is -0.308 e. The van der Waals surface area contributed by atoms with Gasteiger partial charge in [0, 0.05) is 13.1 Å². The van der Waals surface area contributed by atoms with Gasteiger partial charge in [-0.05, 0) is 26.2 Å². The molecule has 0 aromatic carbocycles. The van der Waals surface area contributed by atoms with Crippen LogP contribution in [0.15, 0.2) is 0 Å². The van der Waals surface area contributed by atoms with E-state index >= 15 is 0 Å². The largest absolute Gasteiger partial charge is 0.308 e. The first-order valence-electron chi connectivity index (χ1n) is 6.70. The lowest BCUT2D eigenvalue weighted by Gasteiger charge is -2.30. The Morgan fingerprint density at radius 1 is 1.21 bits per heavy atom. The standard InChI is InChI=1S/C14H23ClN4/c1-8(15)12-16-11-9(2)17-18(7)13(11)19(12)10(3)14(4,5)6/h8,10H,1-7H3. The molecule has 0 saturated heterocycles. The van der Waals surface area contributed by atoms with Gasteiger partial charge in [0.1, 0.15) is 11.3 Å². The molecule has 0 aliphatic heterocycles. The first-order chi connectivity index (χ1) is 8.64. The summed E-state index contributed by atoms with van der Waals surface area (Å²) in [5.41, 5.74) is 3.10. The van der Waals surface area contributed by atoms with Crippen LogP contribution in [0, 0.1) is 12.3 Å². The number of fused-ring (bicyclic) bond motifs is 1. The molecule has 19 heavy (non-hydrogen) atoms. The van der Waals surface area contributed by atoms with Gasteiger partial charge in [-0.15, -0.1) is 11.6 Å². The molecule has 0 saturated carbocycles. The van der Waals surface area contributed by atoms with Crippen molar-refractivity contribution in [3.8, 4) is 0 Å². The van der Waals surface area contributed by atoms with Gasteiger partial charge in [0.15, 0.2) is 5.65 Å². The van der Waals surface area contributed by atoms with Crippen molar-refractivity contribution in [1.29, 1.82) is 0 Å². The van der Waals surface area contributed by atoms with E-state index in [1.54, 1.807) is 0 Å². The van der Waals surface area contributed by atoms with Crippen LogP contribution in [0.1, 0.15) is 57.6 Å². The predicted octanol–water partition coefficient (Wildman–Crippen LogP) is 3.99. The maximum Gasteiger partial charge on any atom is 0.158 e. The summed E-state index contributed by atoms with van der Waals surface area (Å²) >= 11 is 6.32. The van der Waals surface area contributed by atoms with Gasteiger partial charge in [0.25, 0.3) is 0 Å². The molecule has 2 aromatic rings. The fourth-order valence-electron chi connectivity index (χ4n) is 2.36. The van der Waals surface area contributed by atoms with Gasteiger partial charge in [0.2, 0.25) is 0 Å². The Bertz CT molecular complexity index is 601. The van der Waals surface area contributed by atoms with E-state index in [1.165, 1.54) is 0 Å². The Morgan fingerprint density at radius 3 is 2.26 bits per heavy atom. The van der Waals surface area contributed by atoms with E-state index in [9.17, 15) is 0 Å². The van der Waals surface area contributed by atoms with Gasteiger partial charge in [-0.25, -0.2) is 4.98 Å². The second-order valence-corrected chi connectivity index (χ2v) is 7.03. The molecule has 0 spiro atoms. The van der Waals surface area contributed by atoms with Crippen molar-refractivity contribution in [2.45, 2.75) is 53.0 Å². The van der Waals surface area contributed by atoms with Crippen LogP contribution >= 0.6 is 11.6 Å². The van der Waals surface area contributed by atoms with Crippen molar-refractivity contribution in [2.75, 3.05) is 0 Å². The smallest absolute Gasteiger partial charge is 0.158 e. The Kier molecular flexibility index (Phi) is 3.42. The topological polar surface area (TPSA) is 35.6 Å². The van der Waals surface area contributed by atoms with Gasteiger partial charge in [0.05, 0.1) is 11.1 Å². The van der Waals surface area contributed by atoms with E-state index in [4.69, 9.17) is 16.6 Å². The van der Waals surface area contributed by atoms with Crippen LogP contribution in [0.2, 0.25) is 0 Å².